The van der Waals surface area contributed by atoms with Crippen LogP contribution in [0.2, 0.25) is 0 Å². The minimum Gasteiger partial charge on any atom is -0.297 e. The van der Waals surface area contributed by atoms with Crippen molar-refractivity contribution in [2.45, 2.75) is 51.0 Å². The van der Waals surface area contributed by atoms with Crippen LogP contribution in [-0.4, -0.2) is 30.3 Å². The van der Waals surface area contributed by atoms with Crippen molar-refractivity contribution in [1.29, 1.82) is 0 Å². The van der Waals surface area contributed by atoms with Gasteiger partial charge in [-0.1, -0.05) is 44.0 Å². The number of carbonyl (C=O) groups excluding carboxylic acids is 1. The molecule has 2 nitrogen and oxygen atoms in total. The highest BCUT2D eigenvalue weighted by Crippen LogP contribution is 2.35. The van der Waals surface area contributed by atoms with Crippen molar-refractivity contribution in [3.8, 4) is 0 Å². The Balaban J connectivity index is 2.10. The summed E-state index contributed by atoms with van der Waals surface area (Å²) in [7, 11) is 4.09. The van der Waals surface area contributed by atoms with Crippen molar-refractivity contribution in [3.63, 3.8) is 0 Å². The van der Waals surface area contributed by atoms with Crippen LogP contribution in [0.4, 0.5) is 0 Å². The van der Waals surface area contributed by atoms with Gasteiger partial charge in [0.05, 0.1) is 5.54 Å². The molecular weight excluding hydrogens is 234 g/mol. The lowest BCUT2D eigenvalue weighted by atomic mass is 9.87. The molecule has 104 valence electrons. The molecule has 0 amide bonds. The van der Waals surface area contributed by atoms with Gasteiger partial charge in [0.25, 0.3) is 0 Å². The van der Waals surface area contributed by atoms with E-state index in [4.69, 9.17) is 0 Å². The van der Waals surface area contributed by atoms with Crippen LogP contribution in [0, 0.1) is 0 Å². The van der Waals surface area contributed by atoms with Crippen LogP contribution in [0.1, 0.15) is 43.7 Å². The predicted molar refractivity (Wildman–Crippen MR) is 79.4 cm³/mol. The molecule has 0 spiro atoms. The molecule has 2 heteroatoms. The molecule has 0 atom stereocenters. The third-order valence-corrected chi connectivity index (χ3v) is 4.60. The Bertz CT molecular complexity index is 427. The van der Waals surface area contributed by atoms with Gasteiger partial charge in [0, 0.05) is 6.42 Å². The molecule has 0 aromatic heterocycles. The molecule has 0 aliphatic heterocycles. The summed E-state index contributed by atoms with van der Waals surface area (Å²) in [5.74, 6) is 0.388. The van der Waals surface area contributed by atoms with Crippen molar-refractivity contribution in [2.24, 2.45) is 0 Å². The zero-order valence-corrected chi connectivity index (χ0v) is 12.4. The quantitative estimate of drug-likeness (QED) is 0.809. The standard InChI is InChI=1S/C17H25NO/c1-4-14-7-9-15(10-8-14)13-16(19)17(18(2)3)11-5-6-12-17/h7-10H,4-6,11-13H2,1-3H3. The number of nitrogens with zero attached hydrogens (tertiary/aromatic N) is 1. The zero-order chi connectivity index (χ0) is 13.9. The minimum absolute atomic E-state index is 0.205. The first-order valence-electron chi connectivity index (χ1n) is 7.37. The fourth-order valence-electron chi connectivity index (χ4n) is 3.18. The largest absolute Gasteiger partial charge is 0.297 e. The van der Waals surface area contributed by atoms with E-state index in [0.29, 0.717) is 12.2 Å². The molecule has 19 heavy (non-hydrogen) atoms. The molecule has 1 aliphatic rings. The first-order valence-corrected chi connectivity index (χ1v) is 7.37. The Morgan fingerprint density at radius 3 is 2.11 bits per heavy atom. The molecular formula is C17H25NO. The van der Waals surface area contributed by atoms with E-state index in [2.05, 4.69) is 36.1 Å². The van der Waals surface area contributed by atoms with Crippen LogP contribution < -0.4 is 0 Å². The van der Waals surface area contributed by atoms with E-state index in [9.17, 15) is 4.79 Å². The van der Waals surface area contributed by atoms with Crippen molar-refractivity contribution < 1.29 is 4.79 Å². The van der Waals surface area contributed by atoms with Gasteiger partial charge >= 0.3 is 0 Å². The highest BCUT2D eigenvalue weighted by atomic mass is 16.1. The van der Waals surface area contributed by atoms with Gasteiger partial charge in [0.1, 0.15) is 0 Å². The SMILES string of the molecule is CCc1ccc(CC(=O)C2(N(C)C)CCCC2)cc1. The summed E-state index contributed by atoms with van der Waals surface area (Å²) >= 11 is 0. The van der Waals surface area contributed by atoms with Crippen LogP contribution in [0.15, 0.2) is 24.3 Å². The van der Waals surface area contributed by atoms with E-state index < -0.39 is 0 Å². The number of ketones is 1. The summed E-state index contributed by atoms with van der Waals surface area (Å²) in [6, 6.07) is 8.49. The third-order valence-electron chi connectivity index (χ3n) is 4.60. The molecule has 1 aromatic carbocycles. The normalized spacial score (nSPS) is 17.9. The maximum absolute atomic E-state index is 12.7. The molecule has 0 radical (unpaired) electrons. The van der Waals surface area contributed by atoms with Crippen LogP contribution in [0.3, 0.4) is 0 Å². The number of rotatable bonds is 5. The van der Waals surface area contributed by atoms with Gasteiger partial charge in [0.2, 0.25) is 0 Å². The Morgan fingerprint density at radius 1 is 1.11 bits per heavy atom. The molecule has 0 bridgehead atoms. The lowest BCUT2D eigenvalue weighted by Gasteiger charge is -2.34. The second kappa shape index (κ2) is 5.87. The van der Waals surface area contributed by atoms with Gasteiger partial charge in [-0.15, -0.1) is 0 Å². The summed E-state index contributed by atoms with van der Waals surface area (Å²) in [6.45, 7) is 2.15. The second-order valence-electron chi connectivity index (χ2n) is 5.90. The third kappa shape index (κ3) is 2.89. The maximum Gasteiger partial charge on any atom is 0.157 e. The first kappa shape index (κ1) is 14.3. The minimum atomic E-state index is -0.205. The number of hydrogen-bond acceptors (Lipinski definition) is 2. The van der Waals surface area contributed by atoms with Gasteiger partial charge in [-0.25, -0.2) is 0 Å². The summed E-state index contributed by atoms with van der Waals surface area (Å²) in [6.07, 6.45) is 6.02. The van der Waals surface area contributed by atoms with E-state index in [-0.39, 0.29) is 5.54 Å². The van der Waals surface area contributed by atoms with Crippen molar-refractivity contribution >= 4 is 5.78 Å². The highest BCUT2D eigenvalue weighted by molar-refractivity contribution is 5.90. The van der Waals surface area contributed by atoms with Gasteiger partial charge in [-0.2, -0.15) is 0 Å². The number of Topliss-reactive ketones (excluding diaryl/α,β-unsaturated/α-hetero) is 1. The molecule has 0 saturated heterocycles. The fourth-order valence-corrected chi connectivity index (χ4v) is 3.18. The zero-order valence-electron chi connectivity index (χ0n) is 12.4. The fraction of sp³-hybridized carbons (Fsp3) is 0.588. The molecule has 1 aliphatic carbocycles. The summed E-state index contributed by atoms with van der Waals surface area (Å²) in [5, 5.41) is 0. The first-order chi connectivity index (χ1) is 9.08. The Hall–Kier alpha value is -1.15. The van der Waals surface area contributed by atoms with Gasteiger partial charge in [0.15, 0.2) is 5.78 Å². The van der Waals surface area contributed by atoms with E-state index in [1.807, 2.05) is 14.1 Å². The van der Waals surface area contributed by atoms with Gasteiger partial charge in [-0.3, -0.25) is 9.69 Å². The summed E-state index contributed by atoms with van der Waals surface area (Å²) in [5.41, 5.74) is 2.28. The lowest BCUT2D eigenvalue weighted by Crippen LogP contribution is -2.49. The number of aryl methyl sites for hydroxylation is 1. The molecule has 0 heterocycles. The maximum atomic E-state index is 12.7. The predicted octanol–water partition coefficient (Wildman–Crippen LogP) is 3.24. The smallest absolute Gasteiger partial charge is 0.157 e. The van der Waals surface area contributed by atoms with Crippen molar-refractivity contribution in [1.82, 2.24) is 4.90 Å². The Kier molecular flexibility index (Phi) is 4.41. The number of likely N-dealkylation sites (N-methyl/N-ethyl adjacent to an activating group) is 1. The molecule has 1 aromatic rings. The van der Waals surface area contributed by atoms with E-state index >= 15 is 0 Å². The van der Waals surface area contributed by atoms with Crippen LogP contribution in [0.25, 0.3) is 0 Å². The average Bonchev–Trinajstić information content (AvgIpc) is 2.90. The Labute approximate surface area is 116 Å². The molecule has 0 unspecified atom stereocenters. The topological polar surface area (TPSA) is 20.3 Å². The molecule has 2 rings (SSSR count). The molecule has 1 fully saturated rings. The Morgan fingerprint density at radius 2 is 1.63 bits per heavy atom. The van der Waals surface area contributed by atoms with Crippen LogP contribution in [-0.2, 0) is 17.6 Å². The van der Waals surface area contributed by atoms with Crippen molar-refractivity contribution in [2.75, 3.05) is 14.1 Å². The number of benzene rings is 1. The number of carbonyl (C=O) groups is 1. The summed E-state index contributed by atoms with van der Waals surface area (Å²) in [4.78, 5) is 14.8. The van der Waals surface area contributed by atoms with Gasteiger partial charge in [-0.05, 0) is 44.5 Å². The van der Waals surface area contributed by atoms with Gasteiger partial charge < -0.3 is 0 Å². The van der Waals surface area contributed by atoms with E-state index in [0.717, 1.165) is 24.8 Å². The lowest BCUT2D eigenvalue weighted by molar-refractivity contribution is -0.128. The van der Waals surface area contributed by atoms with Crippen molar-refractivity contribution in [3.05, 3.63) is 35.4 Å². The molecule has 0 N–H and O–H groups in total. The highest BCUT2D eigenvalue weighted by Gasteiger charge is 2.42. The molecule has 1 saturated carbocycles. The van der Waals surface area contributed by atoms with Crippen LogP contribution >= 0.6 is 0 Å². The summed E-state index contributed by atoms with van der Waals surface area (Å²) < 4.78 is 0. The van der Waals surface area contributed by atoms with Crippen LogP contribution in [0.5, 0.6) is 0 Å². The number of hydrogen-bond donors (Lipinski definition) is 0. The monoisotopic (exact) mass is 259 g/mol. The van der Waals surface area contributed by atoms with E-state index in [1.165, 1.54) is 18.4 Å². The second-order valence-corrected chi connectivity index (χ2v) is 5.90. The van der Waals surface area contributed by atoms with E-state index in [1.54, 1.807) is 0 Å². The average molecular weight is 259 g/mol.